The molecule has 6 heteroatoms. The second kappa shape index (κ2) is 8.35. The molecule has 0 rings (SSSR count). The highest BCUT2D eigenvalue weighted by Crippen LogP contribution is 1.70. The van der Waals surface area contributed by atoms with E-state index in [0.717, 1.165) is 6.92 Å². The lowest BCUT2D eigenvalue weighted by Gasteiger charge is -1.76. The van der Waals surface area contributed by atoms with Gasteiger partial charge in [0.05, 0.1) is 0 Å². The Hall–Kier alpha value is -0.650. The van der Waals surface area contributed by atoms with Crippen molar-refractivity contribution >= 4 is 22.8 Å². The van der Waals surface area contributed by atoms with Crippen molar-refractivity contribution in [3.05, 3.63) is 0 Å². The van der Waals surface area contributed by atoms with Gasteiger partial charge in [-0.05, 0) is 11.6 Å². The summed E-state index contributed by atoms with van der Waals surface area (Å²) in [5.41, 5.74) is 0. The lowest BCUT2D eigenvalue weighted by molar-refractivity contribution is -0.231. The third-order valence-corrected chi connectivity index (χ3v) is 0.372. The van der Waals surface area contributed by atoms with Crippen molar-refractivity contribution in [1.82, 2.24) is 0 Å². The molecule has 0 unspecified atom stereocenters. The van der Waals surface area contributed by atoms with E-state index in [2.05, 4.69) is 16.5 Å². The molecular weight excluding hydrogens is 163 g/mol. The average molecular weight is 171 g/mol. The first-order valence-electron chi connectivity index (χ1n) is 2.15. The third-order valence-electron chi connectivity index (χ3n) is 0.253. The van der Waals surface area contributed by atoms with Gasteiger partial charge in [0.2, 0.25) is 5.24 Å². The number of hydrogen-bond acceptors (Lipinski definition) is 5. The van der Waals surface area contributed by atoms with Gasteiger partial charge in [-0.3, -0.25) is 4.79 Å². The molecule has 0 radical (unpaired) electrons. The highest BCUT2D eigenvalue weighted by Gasteiger charge is 1.82. The van der Waals surface area contributed by atoms with Crippen LogP contribution in [-0.2, 0) is 14.5 Å². The van der Waals surface area contributed by atoms with Gasteiger partial charge in [0.1, 0.15) is 6.61 Å². The van der Waals surface area contributed by atoms with Gasteiger partial charge in [0, 0.05) is 6.92 Å². The number of aliphatic hydroxyl groups excluding tert-OH is 1. The van der Waals surface area contributed by atoms with Gasteiger partial charge in [0.25, 0.3) is 0 Å². The fourth-order valence-corrected chi connectivity index (χ4v) is 0. The van der Waals surface area contributed by atoms with Gasteiger partial charge < -0.3 is 9.99 Å². The molecule has 2 N–H and O–H groups in total. The van der Waals surface area contributed by atoms with Crippen molar-refractivity contribution in [2.75, 3.05) is 6.61 Å². The lowest BCUT2D eigenvalue weighted by Crippen LogP contribution is -1.89. The van der Waals surface area contributed by atoms with Crippen LogP contribution in [0.4, 0.5) is 0 Å². The Morgan fingerprint density at radius 1 is 1.60 bits per heavy atom. The van der Waals surface area contributed by atoms with E-state index in [0.29, 0.717) is 0 Å². The number of halogens is 1. The Morgan fingerprint density at radius 3 is 1.80 bits per heavy atom. The minimum Gasteiger partial charge on any atom is -0.387 e. The zero-order valence-corrected chi connectivity index (χ0v) is 5.96. The summed E-state index contributed by atoms with van der Waals surface area (Å²) >= 11 is 4.57. The van der Waals surface area contributed by atoms with Gasteiger partial charge in [-0.15, -0.1) is 0 Å². The fraction of sp³-hybridized carbons (Fsp3) is 0.500. The second-order valence-corrected chi connectivity index (χ2v) is 1.52. The van der Waals surface area contributed by atoms with Crippen molar-refractivity contribution < 1.29 is 24.8 Å². The highest BCUT2D eigenvalue weighted by molar-refractivity contribution is 6.63. The van der Waals surface area contributed by atoms with Gasteiger partial charge in [-0.1, -0.05) is 0 Å². The van der Waals surface area contributed by atoms with E-state index < -0.39 is 17.8 Å². The molecule has 0 heterocycles. The van der Waals surface area contributed by atoms with Crippen LogP contribution >= 0.6 is 11.6 Å². The Labute approximate surface area is 62.1 Å². The van der Waals surface area contributed by atoms with Gasteiger partial charge in [0.15, 0.2) is 0 Å². The van der Waals surface area contributed by atoms with Crippen LogP contribution < -0.4 is 0 Å². The summed E-state index contributed by atoms with van der Waals surface area (Å²) in [7, 11) is 0. The fourth-order valence-electron chi connectivity index (χ4n) is 0. The SMILES string of the molecule is CC(=O)OO.O=C(Cl)CO. The second-order valence-electron chi connectivity index (χ2n) is 1.10. The summed E-state index contributed by atoms with van der Waals surface area (Å²) in [4.78, 5) is 21.8. The Bertz CT molecular complexity index is 98.2. The van der Waals surface area contributed by atoms with E-state index in [1.165, 1.54) is 0 Å². The number of carbonyl (C=O) groups excluding carboxylic acids is 2. The standard InChI is InChI=1S/C2H3ClO2.C2H4O3/c3-2(5)1-4;1-2(3)5-4/h4H,1H2;4H,1H3. The summed E-state index contributed by atoms with van der Waals surface area (Å²) in [6.07, 6.45) is 0. The quantitative estimate of drug-likeness (QED) is 0.323. The zero-order valence-electron chi connectivity index (χ0n) is 5.20. The maximum atomic E-state index is 9.34. The molecular formula is C4H7ClO5. The summed E-state index contributed by atoms with van der Waals surface area (Å²) in [6.45, 7) is 0.543. The van der Waals surface area contributed by atoms with E-state index in [9.17, 15) is 9.59 Å². The van der Waals surface area contributed by atoms with Crippen molar-refractivity contribution in [1.29, 1.82) is 0 Å². The first-order valence-corrected chi connectivity index (χ1v) is 2.53. The molecule has 0 saturated heterocycles. The van der Waals surface area contributed by atoms with E-state index in [4.69, 9.17) is 10.4 Å². The maximum Gasteiger partial charge on any atom is 0.339 e. The van der Waals surface area contributed by atoms with Gasteiger partial charge in [-0.2, -0.15) is 5.26 Å². The average Bonchev–Trinajstić information content (AvgIpc) is 1.89. The molecule has 0 saturated carbocycles. The first kappa shape index (κ1) is 12.1. The Kier molecular flexibility index (Phi) is 10.1. The minimum absolute atomic E-state index is 0.568. The molecule has 0 aromatic heterocycles. The van der Waals surface area contributed by atoms with E-state index >= 15 is 0 Å². The van der Waals surface area contributed by atoms with Crippen LogP contribution in [0.15, 0.2) is 0 Å². The monoisotopic (exact) mass is 170 g/mol. The molecule has 5 nitrogen and oxygen atoms in total. The molecule has 0 atom stereocenters. The summed E-state index contributed by atoms with van der Waals surface area (Å²) < 4.78 is 0. The summed E-state index contributed by atoms with van der Waals surface area (Å²) in [5, 5.41) is 14.2. The minimum atomic E-state index is -0.718. The highest BCUT2D eigenvalue weighted by atomic mass is 35.5. The molecule has 0 aromatic carbocycles. The predicted octanol–water partition coefficient (Wildman–Crippen LogP) is -0.233. The molecule has 0 amide bonds. The smallest absolute Gasteiger partial charge is 0.339 e. The number of carbonyl (C=O) groups is 2. The summed E-state index contributed by atoms with van der Waals surface area (Å²) in [5.74, 6) is -0.690. The molecule has 0 spiro atoms. The van der Waals surface area contributed by atoms with Crippen LogP contribution in [-0.4, -0.2) is 28.2 Å². The Balaban J connectivity index is 0. The number of rotatable bonds is 1. The van der Waals surface area contributed by atoms with E-state index in [1.807, 2.05) is 0 Å². The van der Waals surface area contributed by atoms with Crippen LogP contribution in [0.25, 0.3) is 0 Å². The molecule has 0 aromatic rings. The number of aliphatic hydroxyl groups is 1. The van der Waals surface area contributed by atoms with E-state index in [-0.39, 0.29) is 0 Å². The van der Waals surface area contributed by atoms with E-state index in [1.54, 1.807) is 0 Å². The molecule has 10 heavy (non-hydrogen) atoms. The predicted molar refractivity (Wildman–Crippen MR) is 32.3 cm³/mol. The molecule has 0 aliphatic heterocycles. The van der Waals surface area contributed by atoms with Crippen LogP contribution in [0.3, 0.4) is 0 Å². The lowest BCUT2D eigenvalue weighted by atomic mass is 10.8. The molecule has 0 aliphatic carbocycles. The van der Waals surface area contributed by atoms with Crippen LogP contribution in [0.2, 0.25) is 0 Å². The maximum absolute atomic E-state index is 9.34. The van der Waals surface area contributed by atoms with Crippen molar-refractivity contribution in [2.24, 2.45) is 0 Å². The van der Waals surface area contributed by atoms with Crippen LogP contribution in [0.1, 0.15) is 6.92 Å². The molecule has 0 aliphatic rings. The van der Waals surface area contributed by atoms with Crippen LogP contribution in [0, 0.1) is 0 Å². The zero-order chi connectivity index (χ0) is 8.57. The molecule has 60 valence electrons. The molecule has 0 bridgehead atoms. The van der Waals surface area contributed by atoms with Crippen LogP contribution in [0.5, 0.6) is 0 Å². The largest absolute Gasteiger partial charge is 0.387 e. The molecule has 0 fully saturated rings. The number of hydrogen-bond donors (Lipinski definition) is 2. The van der Waals surface area contributed by atoms with Gasteiger partial charge >= 0.3 is 5.97 Å². The third kappa shape index (κ3) is 26.4. The Morgan fingerprint density at radius 2 is 1.80 bits per heavy atom. The van der Waals surface area contributed by atoms with Crippen molar-refractivity contribution in [3.63, 3.8) is 0 Å². The van der Waals surface area contributed by atoms with Gasteiger partial charge in [-0.25, -0.2) is 4.79 Å². The summed E-state index contributed by atoms with van der Waals surface area (Å²) in [6, 6.07) is 0. The normalized spacial score (nSPS) is 7.20. The topological polar surface area (TPSA) is 83.8 Å². The van der Waals surface area contributed by atoms with Crippen molar-refractivity contribution in [2.45, 2.75) is 6.92 Å². The first-order chi connectivity index (χ1) is 4.54. The van der Waals surface area contributed by atoms with Crippen molar-refractivity contribution in [3.8, 4) is 0 Å².